The SMILES string of the molecule is CO[C@@]12[C@H](COC(N)=O)C3=C(C(=O)C(C)=C(Nc4ccc(F)cc4)C3=O)N1C[C@@H]1N[C@@H]12. The van der Waals surface area contributed by atoms with Crippen LogP contribution >= 0.6 is 0 Å². The third-order valence-corrected chi connectivity index (χ3v) is 6.54. The zero-order chi connectivity index (χ0) is 22.1. The second-order valence-corrected chi connectivity index (χ2v) is 8.05. The number of benzene rings is 1. The fraction of sp³-hybridized carbons (Fsp3) is 0.381. The van der Waals surface area contributed by atoms with Gasteiger partial charge in [-0.3, -0.25) is 9.59 Å². The van der Waals surface area contributed by atoms with Crippen LogP contribution in [-0.2, 0) is 19.1 Å². The number of hydrogen-bond acceptors (Lipinski definition) is 8. The number of fused-ring (bicyclic) bond motifs is 4. The number of amides is 1. The molecule has 0 unspecified atom stereocenters. The number of piperazine rings is 1. The Morgan fingerprint density at radius 1 is 1.32 bits per heavy atom. The minimum Gasteiger partial charge on any atom is -0.449 e. The topological polar surface area (TPSA) is 133 Å². The van der Waals surface area contributed by atoms with Gasteiger partial charge in [0.25, 0.3) is 0 Å². The Morgan fingerprint density at radius 3 is 2.68 bits per heavy atom. The average Bonchev–Trinajstić information content (AvgIpc) is 3.35. The van der Waals surface area contributed by atoms with Crippen LogP contribution in [0.1, 0.15) is 6.92 Å². The van der Waals surface area contributed by atoms with Crippen LogP contribution in [0.4, 0.5) is 14.9 Å². The Labute approximate surface area is 177 Å². The lowest BCUT2D eigenvalue weighted by Gasteiger charge is -2.39. The van der Waals surface area contributed by atoms with E-state index in [9.17, 15) is 18.8 Å². The number of nitrogens with two attached hydrogens (primary N) is 1. The lowest BCUT2D eigenvalue weighted by molar-refractivity contribution is -0.137. The van der Waals surface area contributed by atoms with Crippen molar-refractivity contribution in [3.8, 4) is 0 Å². The fourth-order valence-corrected chi connectivity index (χ4v) is 5.12. The van der Waals surface area contributed by atoms with Crippen molar-refractivity contribution in [2.75, 3.05) is 25.6 Å². The second kappa shape index (κ2) is 6.63. The molecular weight excluding hydrogens is 407 g/mol. The van der Waals surface area contributed by atoms with Crippen LogP contribution in [-0.4, -0.2) is 60.6 Å². The Balaban J connectivity index is 1.56. The number of rotatable bonds is 5. The number of ketones is 2. The van der Waals surface area contributed by atoms with Crippen molar-refractivity contribution in [2.24, 2.45) is 11.7 Å². The highest BCUT2D eigenvalue weighted by atomic mass is 19.1. The standard InChI is InChI=1S/C21H21FN4O5/c1-9-15(24-11-5-3-10(22)4-6-11)18(28)14-12(8-31-20(23)29)21(30-2)19-13(25-19)7-26(21)16(14)17(9)27/h3-6,12-13,19,24-25H,7-8H2,1-2H3,(H2,23,29)/t12-,13+,19+,21-/m1/s1. The molecule has 2 fully saturated rings. The predicted molar refractivity (Wildman–Crippen MR) is 106 cm³/mol. The number of nitrogens with zero attached hydrogens (tertiary/aromatic N) is 1. The summed E-state index contributed by atoms with van der Waals surface area (Å²) in [6, 6.07) is 5.48. The van der Waals surface area contributed by atoms with Gasteiger partial charge in [-0.05, 0) is 31.2 Å². The Bertz CT molecular complexity index is 1080. The molecule has 3 aliphatic heterocycles. The summed E-state index contributed by atoms with van der Waals surface area (Å²) in [5.74, 6) is -1.82. The number of methoxy groups -OCH3 is 1. The zero-order valence-electron chi connectivity index (χ0n) is 16.9. The summed E-state index contributed by atoms with van der Waals surface area (Å²) < 4.78 is 24.3. The summed E-state index contributed by atoms with van der Waals surface area (Å²) >= 11 is 0. The first-order valence-corrected chi connectivity index (χ1v) is 9.87. The van der Waals surface area contributed by atoms with Gasteiger partial charge >= 0.3 is 6.09 Å². The zero-order valence-corrected chi connectivity index (χ0v) is 16.9. The third kappa shape index (κ3) is 2.64. The molecular formula is C21H21FN4O5. The summed E-state index contributed by atoms with van der Waals surface area (Å²) in [7, 11) is 1.51. The highest BCUT2D eigenvalue weighted by molar-refractivity contribution is 6.26. The van der Waals surface area contributed by atoms with Crippen LogP contribution in [0.25, 0.3) is 0 Å². The van der Waals surface area contributed by atoms with E-state index in [1.54, 1.807) is 6.92 Å². The minimum absolute atomic E-state index is 0.104. The number of primary amides is 1. The molecule has 9 nitrogen and oxygen atoms in total. The van der Waals surface area contributed by atoms with Crippen LogP contribution in [0.5, 0.6) is 0 Å². The van der Waals surface area contributed by atoms with E-state index in [0.717, 1.165) is 0 Å². The van der Waals surface area contributed by atoms with Gasteiger partial charge in [0, 0.05) is 36.5 Å². The van der Waals surface area contributed by atoms with Gasteiger partial charge in [-0.25, -0.2) is 9.18 Å². The molecule has 1 aromatic rings. The van der Waals surface area contributed by atoms with Crippen LogP contribution < -0.4 is 16.4 Å². The van der Waals surface area contributed by atoms with Gasteiger partial charge < -0.3 is 30.7 Å². The molecule has 3 heterocycles. The number of Topliss-reactive ketones (excluding diaryl/α,β-unsaturated/α-hetero) is 2. The van der Waals surface area contributed by atoms with Gasteiger partial charge in [0.1, 0.15) is 12.4 Å². The molecule has 162 valence electrons. The van der Waals surface area contributed by atoms with Gasteiger partial charge in [-0.2, -0.15) is 0 Å². The fourth-order valence-electron chi connectivity index (χ4n) is 5.12. The van der Waals surface area contributed by atoms with E-state index < -0.39 is 29.3 Å². The minimum atomic E-state index is -1.03. The molecule has 0 radical (unpaired) electrons. The van der Waals surface area contributed by atoms with Gasteiger partial charge in [-0.1, -0.05) is 0 Å². The molecule has 4 N–H and O–H groups in total. The number of allylic oxidation sites excluding steroid dienone is 2. The van der Waals surface area contributed by atoms with E-state index in [2.05, 4.69) is 10.6 Å². The monoisotopic (exact) mass is 428 g/mol. The molecule has 31 heavy (non-hydrogen) atoms. The van der Waals surface area contributed by atoms with E-state index in [-0.39, 0.29) is 47.0 Å². The number of ether oxygens (including phenoxy) is 2. The first-order chi connectivity index (χ1) is 14.8. The van der Waals surface area contributed by atoms with Crippen molar-refractivity contribution >= 4 is 23.3 Å². The Hall–Kier alpha value is -3.24. The molecule has 1 aliphatic carbocycles. The molecule has 4 aliphatic rings. The maximum Gasteiger partial charge on any atom is 0.404 e. The van der Waals surface area contributed by atoms with Gasteiger partial charge in [0.15, 0.2) is 5.72 Å². The van der Waals surface area contributed by atoms with E-state index in [0.29, 0.717) is 12.2 Å². The Kier molecular flexibility index (Phi) is 4.21. The quantitative estimate of drug-likeness (QED) is 0.460. The summed E-state index contributed by atoms with van der Waals surface area (Å²) in [5, 5.41) is 6.26. The number of hydrogen-bond donors (Lipinski definition) is 3. The molecule has 0 bridgehead atoms. The van der Waals surface area contributed by atoms with Crippen molar-refractivity contribution in [3.05, 3.63) is 52.6 Å². The maximum atomic E-state index is 13.6. The lowest BCUT2D eigenvalue weighted by Crippen LogP contribution is -2.55. The largest absolute Gasteiger partial charge is 0.449 e. The molecule has 2 saturated heterocycles. The number of anilines is 1. The first kappa shape index (κ1) is 19.7. The molecule has 0 aromatic heterocycles. The summed E-state index contributed by atoms with van der Waals surface area (Å²) in [6.07, 6.45) is -0.976. The van der Waals surface area contributed by atoms with Gasteiger partial charge in [0.05, 0.1) is 23.4 Å². The van der Waals surface area contributed by atoms with E-state index >= 15 is 0 Å². The van der Waals surface area contributed by atoms with Crippen molar-refractivity contribution in [1.29, 1.82) is 0 Å². The van der Waals surface area contributed by atoms with E-state index in [1.165, 1.54) is 31.4 Å². The van der Waals surface area contributed by atoms with Crippen LogP contribution in [0.2, 0.25) is 0 Å². The molecule has 5 rings (SSSR count). The van der Waals surface area contributed by atoms with Gasteiger partial charge in [-0.15, -0.1) is 0 Å². The predicted octanol–water partition coefficient (Wildman–Crippen LogP) is 0.641. The molecule has 4 atom stereocenters. The molecule has 1 amide bonds. The molecule has 0 spiro atoms. The molecule has 1 aromatic carbocycles. The number of carbonyl (C=O) groups excluding carboxylic acids is 3. The lowest BCUT2D eigenvalue weighted by atomic mass is 9.82. The van der Waals surface area contributed by atoms with Gasteiger partial charge in [0.2, 0.25) is 11.6 Å². The second-order valence-electron chi connectivity index (χ2n) is 8.05. The summed E-state index contributed by atoms with van der Waals surface area (Å²) in [4.78, 5) is 40.2. The van der Waals surface area contributed by atoms with E-state index in [1.807, 2.05) is 4.90 Å². The molecule has 10 heteroatoms. The first-order valence-electron chi connectivity index (χ1n) is 9.87. The van der Waals surface area contributed by atoms with Crippen LogP contribution in [0.15, 0.2) is 46.8 Å². The normalized spacial score (nSPS) is 30.9. The maximum absolute atomic E-state index is 13.6. The van der Waals surface area contributed by atoms with Crippen molar-refractivity contribution < 1.29 is 28.2 Å². The highest BCUT2D eigenvalue weighted by Crippen LogP contribution is 2.55. The van der Waals surface area contributed by atoms with Crippen molar-refractivity contribution in [1.82, 2.24) is 10.2 Å². The summed E-state index contributed by atoms with van der Waals surface area (Å²) in [6.45, 7) is 1.87. The smallest absolute Gasteiger partial charge is 0.404 e. The van der Waals surface area contributed by atoms with Crippen LogP contribution in [0.3, 0.4) is 0 Å². The average molecular weight is 428 g/mol. The Morgan fingerprint density at radius 2 is 2.03 bits per heavy atom. The third-order valence-electron chi connectivity index (χ3n) is 6.54. The van der Waals surface area contributed by atoms with Crippen molar-refractivity contribution in [3.63, 3.8) is 0 Å². The number of halogens is 1. The number of carbonyl (C=O) groups is 3. The highest BCUT2D eigenvalue weighted by Gasteiger charge is 2.72. The van der Waals surface area contributed by atoms with Crippen LogP contribution in [0, 0.1) is 11.7 Å². The summed E-state index contributed by atoms with van der Waals surface area (Å²) in [5.41, 5.74) is 5.49. The molecule has 0 saturated carbocycles. The number of nitrogens with one attached hydrogen (secondary N) is 2. The van der Waals surface area contributed by atoms with Crippen molar-refractivity contribution in [2.45, 2.75) is 24.7 Å². The van der Waals surface area contributed by atoms with E-state index in [4.69, 9.17) is 15.2 Å².